The summed E-state index contributed by atoms with van der Waals surface area (Å²) in [6, 6.07) is 24.9. The molecule has 0 amide bonds. The van der Waals surface area contributed by atoms with Gasteiger partial charge in [0, 0.05) is 0 Å². The summed E-state index contributed by atoms with van der Waals surface area (Å²) in [4.78, 5) is 46.7. The minimum absolute atomic E-state index is 0.0413. The lowest BCUT2D eigenvalue weighted by molar-refractivity contribution is 0.460. The maximum atomic E-state index is 9.93. The van der Waals surface area contributed by atoms with Crippen LogP contribution in [-0.4, -0.2) is 49.8 Å². The highest BCUT2D eigenvalue weighted by molar-refractivity contribution is 6.42. The quantitative estimate of drug-likeness (QED) is 0.133. The Morgan fingerprint density at radius 1 is 0.440 bits per heavy atom. The first-order valence-electron chi connectivity index (χ1n) is 14.6. The minimum atomic E-state index is -0.105. The zero-order valence-corrected chi connectivity index (χ0v) is 26.4. The number of hydrogen-bond acceptors (Lipinski definition) is 14. The second kappa shape index (κ2) is 11.3. The first kappa shape index (κ1) is 29.2. The van der Waals surface area contributed by atoms with Crippen molar-refractivity contribution in [3.05, 3.63) is 94.2 Å². The lowest BCUT2D eigenvalue weighted by atomic mass is 10.1. The van der Waals surface area contributed by atoms with Gasteiger partial charge in [-0.25, -0.2) is 39.9 Å². The molecule has 0 aliphatic rings. The largest absolute Gasteiger partial charge is 0.436 e. The lowest BCUT2D eigenvalue weighted by Crippen LogP contribution is -2.04. The van der Waals surface area contributed by atoms with E-state index < -0.39 is 0 Å². The summed E-state index contributed by atoms with van der Waals surface area (Å²) >= 11 is 12.7. The second-order valence-corrected chi connectivity index (χ2v) is 11.4. The smallest absolute Gasteiger partial charge is 0.258 e. The molecule has 0 fully saturated rings. The molecule has 14 nitrogen and oxygen atoms in total. The van der Waals surface area contributed by atoms with E-state index in [2.05, 4.69) is 19.9 Å². The average Bonchev–Trinajstić information content (AvgIpc) is 3.14. The maximum absolute atomic E-state index is 9.93. The summed E-state index contributed by atoms with van der Waals surface area (Å²) in [5.74, 6) is 0.787. The van der Waals surface area contributed by atoms with Crippen LogP contribution in [0.5, 0.6) is 23.3 Å². The Morgan fingerprint density at radius 3 is 1.14 bits per heavy atom. The van der Waals surface area contributed by atoms with Gasteiger partial charge in [-0.1, -0.05) is 59.6 Å². The predicted molar refractivity (Wildman–Crippen MR) is 182 cm³/mol. The lowest BCUT2D eigenvalue weighted by Gasteiger charge is -2.11. The molecule has 0 saturated heterocycles. The highest BCUT2D eigenvalue weighted by atomic mass is 35.5. The molecule has 0 N–H and O–H groups in total. The summed E-state index contributed by atoms with van der Waals surface area (Å²) in [7, 11) is 0. The van der Waals surface area contributed by atoms with E-state index in [1.807, 2.05) is 24.3 Å². The van der Waals surface area contributed by atoms with E-state index in [9.17, 15) is 10.5 Å². The fourth-order valence-corrected chi connectivity index (χ4v) is 5.59. The number of benzene rings is 4. The van der Waals surface area contributed by atoms with Gasteiger partial charge in [-0.3, -0.25) is 0 Å². The zero-order valence-electron chi connectivity index (χ0n) is 24.9. The Balaban J connectivity index is 1.37. The third kappa shape index (κ3) is 4.79. The maximum Gasteiger partial charge on any atom is 0.258 e. The van der Waals surface area contributed by atoms with Crippen molar-refractivity contribution in [2.75, 3.05) is 0 Å². The topological polar surface area (TPSA) is 195 Å². The predicted octanol–water partition coefficient (Wildman–Crippen LogP) is 7.19. The normalized spacial score (nSPS) is 11.4. The molecule has 234 valence electrons. The van der Waals surface area contributed by atoms with Crippen molar-refractivity contribution in [1.82, 2.24) is 49.8 Å². The van der Waals surface area contributed by atoms with Gasteiger partial charge >= 0.3 is 0 Å². The molecule has 0 atom stereocenters. The van der Waals surface area contributed by atoms with E-state index in [1.165, 1.54) is 0 Å². The summed E-state index contributed by atoms with van der Waals surface area (Å²) < 4.78 is 11.8. The van der Waals surface area contributed by atoms with E-state index in [0.717, 1.165) is 0 Å². The highest BCUT2D eigenvalue weighted by Crippen LogP contribution is 2.35. The molecular weight excluding hydrogens is 679 g/mol. The number of nitrogens with zero attached hydrogens (tertiary/aromatic N) is 12. The molecule has 9 aromatic rings. The van der Waals surface area contributed by atoms with Crippen LogP contribution in [0.1, 0.15) is 11.4 Å². The van der Waals surface area contributed by atoms with Crippen LogP contribution >= 0.6 is 23.2 Å². The molecule has 4 aromatic carbocycles. The van der Waals surface area contributed by atoms with Gasteiger partial charge in [0.2, 0.25) is 22.7 Å². The molecule has 5 aromatic heterocycles. The molecule has 9 rings (SSSR count). The van der Waals surface area contributed by atoms with Crippen LogP contribution in [0.3, 0.4) is 0 Å². The first-order chi connectivity index (χ1) is 24.4. The van der Waals surface area contributed by atoms with Gasteiger partial charge in [-0.05, 0) is 36.4 Å². The van der Waals surface area contributed by atoms with Crippen LogP contribution in [0.25, 0.3) is 66.7 Å². The molecule has 0 spiro atoms. The fraction of sp³-hybridized carbons (Fsp3) is 0. The Morgan fingerprint density at radius 2 is 0.780 bits per heavy atom. The third-order valence-electron chi connectivity index (χ3n) is 7.48. The Hall–Kier alpha value is -7.00. The number of fused-ring (bicyclic) bond motifs is 9. The summed E-state index contributed by atoms with van der Waals surface area (Å²) in [5.41, 5.74) is 2.37. The number of para-hydroxylation sites is 2. The highest BCUT2D eigenvalue weighted by Gasteiger charge is 2.23. The van der Waals surface area contributed by atoms with E-state index in [1.54, 1.807) is 60.7 Å². The standard InChI is InChI=1S/C34H12Cl2N12O2/c35-17-11-19-20(12-18(17)36)40-24-23(39-19)25-28(46-32-29(43-25)41-21(13-37)34(48-32)50-16-9-5-2-6-10-16)27-26(24)45-31-30(44-27)42-22(14-38)33(47-31)49-15-7-3-1-4-8-15/h1-12H. The van der Waals surface area contributed by atoms with Crippen molar-refractivity contribution in [2.24, 2.45) is 0 Å². The van der Waals surface area contributed by atoms with Gasteiger partial charge in [-0.15, -0.1) is 0 Å². The molecule has 0 unspecified atom stereocenters. The zero-order chi connectivity index (χ0) is 33.9. The van der Waals surface area contributed by atoms with Gasteiger partial charge < -0.3 is 9.47 Å². The van der Waals surface area contributed by atoms with Crippen molar-refractivity contribution in [3.63, 3.8) is 0 Å². The molecule has 0 bridgehead atoms. The summed E-state index contributed by atoms with van der Waals surface area (Å²) in [6.45, 7) is 0. The van der Waals surface area contributed by atoms with Crippen LogP contribution in [-0.2, 0) is 0 Å². The third-order valence-corrected chi connectivity index (χ3v) is 8.20. The van der Waals surface area contributed by atoms with Gasteiger partial charge in [0.25, 0.3) is 11.8 Å². The van der Waals surface area contributed by atoms with E-state index in [4.69, 9.17) is 62.6 Å². The monoisotopic (exact) mass is 690 g/mol. The Kier molecular flexibility index (Phi) is 6.60. The number of nitriles is 2. The van der Waals surface area contributed by atoms with Gasteiger partial charge in [0.1, 0.15) is 56.7 Å². The SMILES string of the molecule is N#Cc1nc2nc3c4nc5cc(Cl)c(Cl)cc5nc4c4nc5nc(Oc6ccccc6)c(C#N)nc5nc4c3nc2nc1Oc1ccccc1. The van der Waals surface area contributed by atoms with E-state index in [-0.39, 0.29) is 88.9 Å². The van der Waals surface area contributed by atoms with Crippen LogP contribution in [0, 0.1) is 22.7 Å². The van der Waals surface area contributed by atoms with Crippen molar-refractivity contribution in [3.8, 4) is 35.4 Å². The molecule has 50 heavy (non-hydrogen) atoms. The van der Waals surface area contributed by atoms with E-state index in [0.29, 0.717) is 22.5 Å². The number of rotatable bonds is 4. The van der Waals surface area contributed by atoms with Crippen molar-refractivity contribution in [2.45, 2.75) is 0 Å². The van der Waals surface area contributed by atoms with Crippen LogP contribution < -0.4 is 9.47 Å². The van der Waals surface area contributed by atoms with Crippen LogP contribution in [0.15, 0.2) is 72.8 Å². The van der Waals surface area contributed by atoms with Gasteiger partial charge in [0.05, 0.1) is 21.1 Å². The number of hydrogen-bond donors (Lipinski definition) is 0. The minimum Gasteiger partial charge on any atom is -0.436 e. The molecule has 0 aliphatic carbocycles. The molecular formula is C34H12Cl2N12O2. The molecule has 5 heterocycles. The molecule has 0 aliphatic heterocycles. The van der Waals surface area contributed by atoms with Crippen molar-refractivity contribution >= 4 is 89.9 Å². The summed E-state index contributed by atoms with van der Waals surface area (Å²) in [6.07, 6.45) is 0. The molecule has 16 heteroatoms. The molecule has 0 saturated carbocycles. The Bertz CT molecular complexity index is 2990. The van der Waals surface area contributed by atoms with Gasteiger partial charge in [-0.2, -0.15) is 20.5 Å². The fourth-order valence-electron chi connectivity index (χ4n) is 5.27. The first-order valence-corrected chi connectivity index (χ1v) is 15.3. The van der Waals surface area contributed by atoms with Crippen molar-refractivity contribution in [1.29, 1.82) is 10.5 Å². The molecule has 0 radical (unpaired) electrons. The summed E-state index contributed by atoms with van der Waals surface area (Å²) in [5, 5.41) is 20.4. The number of aromatic nitrogens is 10. The van der Waals surface area contributed by atoms with Crippen LogP contribution in [0.4, 0.5) is 0 Å². The number of halogens is 2. The van der Waals surface area contributed by atoms with Crippen LogP contribution in [0.2, 0.25) is 10.0 Å². The van der Waals surface area contributed by atoms with E-state index >= 15 is 0 Å². The van der Waals surface area contributed by atoms with Gasteiger partial charge in [0.15, 0.2) is 11.3 Å². The average molecular weight is 691 g/mol. The van der Waals surface area contributed by atoms with Crippen molar-refractivity contribution < 1.29 is 9.47 Å². The Labute approximate surface area is 288 Å². The number of ether oxygens (including phenoxy) is 2. The second-order valence-electron chi connectivity index (χ2n) is 10.6.